The number of methoxy groups -OCH3 is 2. The number of benzene rings is 4. The first-order valence-corrected chi connectivity index (χ1v) is 21.2. The molecule has 0 unspecified atom stereocenters. The van der Waals surface area contributed by atoms with Crippen LogP contribution in [0.1, 0.15) is 126 Å². The van der Waals surface area contributed by atoms with Crippen molar-refractivity contribution in [1.82, 2.24) is 0 Å². The third-order valence-electron chi connectivity index (χ3n) is 9.85. The number of hydrogen-bond acceptors (Lipinski definition) is 13. The standard InChI is InChI=1S/C51H60O14/c1-31-39(20-17-35(45(31)54)37(52)29-50(3,4)5)61-22-12-11-13-23-63-42-26-33(16-19-41(42)59-9)49(58)65-44-28-34(48(56)57)27-43(47(44)60-10)64-25-15-14-24-62-40-21-18-36(46(55)32(40)2)38(53)30-51(6,7)8/h16-21,26-28,54-55H,11-13,22-25,29-30H2,1-10H3,(H,56,57). The molecule has 0 fully saturated rings. The maximum Gasteiger partial charge on any atom is 0.343 e. The minimum atomic E-state index is -1.31. The fourth-order valence-corrected chi connectivity index (χ4v) is 6.51. The molecule has 0 aliphatic heterocycles. The molecule has 0 atom stereocenters. The number of carbonyl (C=O) groups is 4. The number of hydrogen-bond donors (Lipinski definition) is 3. The number of rotatable bonds is 21. The van der Waals surface area contributed by atoms with E-state index in [4.69, 9.17) is 33.2 Å². The molecule has 0 heterocycles. The summed E-state index contributed by atoms with van der Waals surface area (Å²) in [6.45, 7) is 15.5. The zero-order valence-electron chi connectivity index (χ0n) is 38.9. The topological polar surface area (TPSA) is 194 Å². The van der Waals surface area contributed by atoms with Crippen LogP contribution < -0.4 is 33.2 Å². The number of phenols is 2. The van der Waals surface area contributed by atoms with E-state index < -0.39 is 11.9 Å². The molecule has 4 aromatic carbocycles. The zero-order valence-corrected chi connectivity index (χ0v) is 38.9. The Morgan fingerprint density at radius 1 is 0.554 bits per heavy atom. The predicted molar refractivity (Wildman–Crippen MR) is 244 cm³/mol. The van der Waals surface area contributed by atoms with E-state index in [0.29, 0.717) is 66.6 Å². The summed E-state index contributed by atoms with van der Waals surface area (Å²) < 4.78 is 39.9. The molecule has 0 bridgehead atoms. The smallest absolute Gasteiger partial charge is 0.343 e. The van der Waals surface area contributed by atoms with Crippen LogP contribution in [0.2, 0.25) is 0 Å². The molecule has 0 aliphatic rings. The van der Waals surface area contributed by atoms with Gasteiger partial charge in [-0.3, -0.25) is 9.59 Å². The summed E-state index contributed by atoms with van der Waals surface area (Å²) in [7, 11) is 2.78. The van der Waals surface area contributed by atoms with Crippen molar-refractivity contribution in [3.63, 3.8) is 0 Å². The molecular weight excluding hydrogens is 837 g/mol. The van der Waals surface area contributed by atoms with Gasteiger partial charge in [0.1, 0.15) is 36.2 Å². The van der Waals surface area contributed by atoms with Gasteiger partial charge in [0.25, 0.3) is 0 Å². The third kappa shape index (κ3) is 14.6. The summed E-state index contributed by atoms with van der Waals surface area (Å²) in [4.78, 5) is 50.9. The lowest BCUT2D eigenvalue weighted by Gasteiger charge is -2.18. The average Bonchev–Trinajstić information content (AvgIpc) is 3.22. The highest BCUT2D eigenvalue weighted by atomic mass is 16.6. The van der Waals surface area contributed by atoms with Gasteiger partial charge in [0, 0.05) is 24.0 Å². The van der Waals surface area contributed by atoms with Gasteiger partial charge in [0.15, 0.2) is 34.6 Å². The van der Waals surface area contributed by atoms with E-state index >= 15 is 0 Å². The minimum absolute atomic E-state index is 0.0415. The van der Waals surface area contributed by atoms with Crippen LogP contribution in [-0.2, 0) is 0 Å². The van der Waals surface area contributed by atoms with E-state index in [1.165, 1.54) is 38.5 Å². The highest BCUT2D eigenvalue weighted by molar-refractivity contribution is 6.00. The molecule has 14 heteroatoms. The normalized spacial score (nSPS) is 11.2. The van der Waals surface area contributed by atoms with Crippen LogP contribution in [0, 0.1) is 36.5 Å². The summed E-state index contributed by atoms with van der Waals surface area (Å²) in [5.41, 5.74) is 0.823. The lowest BCUT2D eigenvalue weighted by Crippen LogP contribution is -2.13. The van der Waals surface area contributed by atoms with Crippen molar-refractivity contribution < 1.29 is 67.7 Å². The van der Waals surface area contributed by atoms with Crippen LogP contribution in [0.15, 0.2) is 54.6 Å². The van der Waals surface area contributed by atoms with Crippen molar-refractivity contribution >= 4 is 23.5 Å². The Labute approximate surface area is 380 Å². The molecule has 0 aromatic heterocycles. The fourth-order valence-electron chi connectivity index (χ4n) is 6.51. The maximum atomic E-state index is 13.5. The molecule has 0 saturated heterocycles. The van der Waals surface area contributed by atoms with Gasteiger partial charge < -0.3 is 48.5 Å². The van der Waals surface area contributed by atoms with Crippen molar-refractivity contribution in [1.29, 1.82) is 0 Å². The van der Waals surface area contributed by atoms with Gasteiger partial charge in [-0.1, -0.05) is 53.4 Å². The molecular formula is C51H60O14. The Morgan fingerprint density at radius 3 is 1.51 bits per heavy atom. The number of phenolic OH excluding ortho intramolecular Hbond substituents is 2. The van der Waals surface area contributed by atoms with Crippen molar-refractivity contribution in [2.45, 2.75) is 87.5 Å². The van der Waals surface area contributed by atoms with Crippen LogP contribution in [-0.4, -0.2) is 79.5 Å². The second-order valence-electron chi connectivity index (χ2n) is 17.7. The van der Waals surface area contributed by atoms with Crippen LogP contribution >= 0.6 is 0 Å². The monoisotopic (exact) mass is 896 g/mol. The summed E-state index contributed by atoms with van der Waals surface area (Å²) in [6, 6.07) is 13.3. The number of carboxylic acid groups (broad SMARTS) is 1. The maximum absolute atomic E-state index is 13.5. The van der Waals surface area contributed by atoms with Crippen LogP contribution in [0.3, 0.4) is 0 Å². The number of carboxylic acids is 1. The van der Waals surface area contributed by atoms with Gasteiger partial charge in [-0.25, -0.2) is 9.59 Å². The number of ether oxygens (including phenoxy) is 7. The van der Waals surface area contributed by atoms with Crippen molar-refractivity contribution in [2.24, 2.45) is 10.8 Å². The van der Waals surface area contributed by atoms with E-state index in [9.17, 15) is 34.5 Å². The predicted octanol–water partition coefficient (Wildman–Crippen LogP) is 9.98. The van der Waals surface area contributed by atoms with Gasteiger partial charge in [0.2, 0.25) is 5.75 Å². The van der Waals surface area contributed by atoms with E-state index in [2.05, 4.69) is 11.8 Å². The minimum Gasteiger partial charge on any atom is -0.507 e. The van der Waals surface area contributed by atoms with Crippen LogP contribution in [0.5, 0.6) is 51.7 Å². The van der Waals surface area contributed by atoms with Crippen LogP contribution in [0.4, 0.5) is 0 Å². The molecule has 14 nitrogen and oxygen atoms in total. The quantitative estimate of drug-likeness (QED) is 0.0235. The molecule has 0 aliphatic carbocycles. The number of esters is 1. The SMILES string of the molecule is COc1ccc(C(=O)Oc2cc(C(=O)O)cc(OCC#CCOc3ccc(C(=O)CC(C)(C)C)c(O)c3C)c2OC)cc1OCCCCCOc1ccc(C(=O)CC(C)(C)C)c(O)c1C. The summed E-state index contributed by atoms with van der Waals surface area (Å²) in [5, 5.41) is 31.2. The second kappa shape index (κ2) is 22.7. The number of Topliss-reactive ketones (excluding diaryl/α,β-unsaturated/α-hetero) is 2. The molecule has 0 saturated carbocycles. The number of unbranched alkanes of at least 4 members (excludes halogenated alkanes) is 2. The summed E-state index contributed by atoms with van der Waals surface area (Å²) in [6.07, 6.45) is 2.65. The second-order valence-corrected chi connectivity index (χ2v) is 17.7. The van der Waals surface area contributed by atoms with Gasteiger partial charge in [-0.05, 0) is 98.5 Å². The van der Waals surface area contributed by atoms with Gasteiger partial charge in [-0.15, -0.1) is 0 Å². The third-order valence-corrected chi connectivity index (χ3v) is 9.85. The number of aromatic hydroxyl groups is 2. The lowest BCUT2D eigenvalue weighted by molar-refractivity contribution is 0.0685. The largest absolute Gasteiger partial charge is 0.507 e. The fraction of sp³-hybridized carbons (Fsp3) is 0.412. The first-order valence-electron chi connectivity index (χ1n) is 21.2. The number of aromatic carboxylic acids is 1. The van der Waals surface area contributed by atoms with Gasteiger partial charge in [0.05, 0.1) is 49.7 Å². The Hall–Kier alpha value is -6.88. The van der Waals surface area contributed by atoms with E-state index in [-0.39, 0.29) is 93.0 Å². The Balaban J connectivity index is 1.33. The molecule has 0 radical (unpaired) electrons. The first kappa shape index (κ1) is 50.8. The van der Waals surface area contributed by atoms with Crippen molar-refractivity contribution in [3.05, 3.63) is 88.0 Å². The number of carbonyl (C=O) groups excluding carboxylic acids is 3. The van der Waals surface area contributed by atoms with E-state index in [0.717, 1.165) is 12.5 Å². The van der Waals surface area contributed by atoms with Crippen LogP contribution in [0.25, 0.3) is 0 Å². The lowest BCUT2D eigenvalue weighted by atomic mass is 9.87. The Kier molecular flexibility index (Phi) is 17.7. The summed E-state index contributed by atoms with van der Waals surface area (Å²) in [5.74, 6) is 4.15. The Morgan fingerprint density at radius 2 is 1.02 bits per heavy atom. The van der Waals surface area contributed by atoms with Crippen molar-refractivity contribution in [2.75, 3.05) is 40.6 Å². The molecule has 0 spiro atoms. The molecule has 65 heavy (non-hydrogen) atoms. The molecule has 348 valence electrons. The molecule has 4 aromatic rings. The van der Waals surface area contributed by atoms with E-state index in [1.807, 2.05) is 41.5 Å². The zero-order chi connectivity index (χ0) is 48.1. The first-order chi connectivity index (χ1) is 30.6. The highest BCUT2D eigenvalue weighted by Gasteiger charge is 2.25. The Bertz CT molecular complexity index is 2420. The molecule has 3 N–H and O–H groups in total. The van der Waals surface area contributed by atoms with Gasteiger partial charge in [-0.2, -0.15) is 0 Å². The average molecular weight is 897 g/mol. The molecule has 4 rings (SSSR count). The van der Waals surface area contributed by atoms with Crippen molar-refractivity contribution in [3.8, 4) is 63.6 Å². The molecule has 0 amide bonds. The van der Waals surface area contributed by atoms with Gasteiger partial charge >= 0.3 is 11.9 Å². The number of ketones is 2. The highest BCUT2D eigenvalue weighted by Crippen LogP contribution is 2.40. The summed E-state index contributed by atoms with van der Waals surface area (Å²) >= 11 is 0. The van der Waals surface area contributed by atoms with E-state index in [1.54, 1.807) is 38.1 Å².